The minimum Gasteiger partial charge on any atom is -0.466 e. The van der Waals surface area contributed by atoms with Crippen molar-refractivity contribution in [2.45, 2.75) is 45.3 Å². The van der Waals surface area contributed by atoms with Crippen LogP contribution in [0.4, 0.5) is 0 Å². The molecule has 0 saturated carbocycles. The van der Waals surface area contributed by atoms with Gasteiger partial charge in [0.1, 0.15) is 6.23 Å². The van der Waals surface area contributed by atoms with Crippen LogP contribution in [0.25, 0.3) is 0 Å². The van der Waals surface area contributed by atoms with Gasteiger partial charge in [-0.2, -0.15) is 0 Å². The van der Waals surface area contributed by atoms with Crippen molar-refractivity contribution in [2.24, 2.45) is 5.73 Å². The summed E-state index contributed by atoms with van der Waals surface area (Å²) in [4.78, 5) is 25.2. The molecule has 23 heavy (non-hydrogen) atoms. The maximum absolute atomic E-state index is 12.2. The number of carbonyl (C=O) groups excluding carboxylic acids is 2. The van der Waals surface area contributed by atoms with Gasteiger partial charge in [-0.25, -0.2) is 0 Å². The molecule has 0 aromatic rings. The molecular formula is C15H31N3O5. The Morgan fingerprint density at radius 3 is 2.57 bits per heavy atom. The van der Waals surface area contributed by atoms with Crippen molar-refractivity contribution >= 4 is 11.9 Å². The highest BCUT2D eigenvalue weighted by Gasteiger charge is 2.15. The van der Waals surface area contributed by atoms with E-state index in [1.807, 2.05) is 0 Å². The largest absolute Gasteiger partial charge is 0.466 e. The van der Waals surface area contributed by atoms with Crippen LogP contribution < -0.4 is 11.1 Å². The van der Waals surface area contributed by atoms with Crippen LogP contribution in [0.1, 0.15) is 39.0 Å². The number of nitrogens with zero attached hydrogens (tertiary/aromatic N) is 1. The predicted octanol–water partition coefficient (Wildman–Crippen LogP) is -0.812. The first-order valence-corrected chi connectivity index (χ1v) is 8.20. The molecular weight excluding hydrogens is 302 g/mol. The molecule has 0 aliphatic heterocycles. The van der Waals surface area contributed by atoms with Crippen LogP contribution in [0, 0.1) is 0 Å². The van der Waals surface area contributed by atoms with Gasteiger partial charge in [0.05, 0.1) is 13.0 Å². The molecule has 8 heteroatoms. The maximum atomic E-state index is 12.2. The molecule has 0 aliphatic carbocycles. The molecule has 1 unspecified atom stereocenters. The van der Waals surface area contributed by atoms with E-state index in [0.717, 1.165) is 0 Å². The van der Waals surface area contributed by atoms with Crippen LogP contribution in [0.3, 0.4) is 0 Å². The van der Waals surface area contributed by atoms with E-state index in [-0.39, 0.29) is 37.7 Å². The lowest BCUT2D eigenvalue weighted by Gasteiger charge is -2.23. The fourth-order valence-corrected chi connectivity index (χ4v) is 2.01. The summed E-state index contributed by atoms with van der Waals surface area (Å²) in [5, 5.41) is 21.0. The second-order valence-corrected chi connectivity index (χ2v) is 5.16. The molecule has 0 bridgehead atoms. The Balaban J connectivity index is 4.12. The van der Waals surface area contributed by atoms with E-state index in [2.05, 4.69) is 5.32 Å². The molecule has 136 valence electrons. The number of aliphatic hydroxyl groups is 2. The normalized spacial score (nSPS) is 12.0. The lowest BCUT2D eigenvalue weighted by atomic mass is 10.2. The molecule has 0 aliphatic rings. The number of carbonyl (C=O) groups is 2. The Morgan fingerprint density at radius 2 is 1.96 bits per heavy atom. The minimum absolute atomic E-state index is 0.0802. The first-order valence-electron chi connectivity index (χ1n) is 8.20. The summed E-state index contributed by atoms with van der Waals surface area (Å²) in [6.07, 6.45) is 1.11. The lowest BCUT2D eigenvalue weighted by molar-refractivity contribution is -0.145. The van der Waals surface area contributed by atoms with Crippen molar-refractivity contribution in [1.29, 1.82) is 0 Å². The Morgan fingerprint density at radius 1 is 1.26 bits per heavy atom. The van der Waals surface area contributed by atoms with Gasteiger partial charge in [0.15, 0.2) is 0 Å². The van der Waals surface area contributed by atoms with Crippen molar-refractivity contribution in [3.05, 3.63) is 0 Å². The zero-order valence-electron chi connectivity index (χ0n) is 14.0. The molecule has 0 saturated heterocycles. The highest BCUT2D eigenvalue weighted by Crippen LogP contribution is 2.02. The van der Waals surface area contributed by atoms with E-state index >= 15 is 0 Å². The third-order valence-corrected chi connectivity index (χ3v) is 3.22. The summed E-state index contributed by atoms with van der Waals surface area (Å²) in [5.41, 5.74) is 5.49. The first-order chi connectivity index (χ1) is 11.0. The van der Waals surface area contributed by atoms with Crippen LogP contribution in [-0.2, 0) is 14.3 Å². The predicted molar refractivity (Wildman–Crippen MR) is 86.4 cm³/mol. The highest BCUT2D eigenvalue weighted by molar-refractivity contribution is 5.81. The average molecular weight is 333 g/mol. The number of hydrogen-bond acceptors (Lipinski definition) is 7. The van der Waals surface area contributed by atoms with Gasteiger partial charge in [0, 0.05) is 32.5 Å². The van der Waals surface area contributed by atoms with Gasteiger partial charge in [-0.05, 0) is 32.9 Å². The molecule has 8 nitrogen and oxygen atoms in total. The van der Waals surface area contributed by atoms with Crippen LogP contribution in [0.15, 0.2) is 0 Å². The minimum atomic E-state index is -0.739. The number of aliphatic hydroxyl groups excluding tert-OH is 2. The summed E-state index contributed by atoms with van der Waals surface area (Å²) < 4.78 is 4.81. The van der Waals surface area contributed by atoms with Crippen molar-refractivity contribution in [3.8, 4) is 0 Å². The lowest BCUT2D eigenvalue weighted by Crippen LogP contribution is -2.37. The molecule has 0 spiro atoms. The monoisotopic (exact) mass is 333 g/mol. The van der Waals surface area contributed by atoms with E-state index in [1.165, 1.54) is 0 Å². The van der Waals surface area contributed by atoms with Crippen LogP contribution in [0.2, 0.25) is 0 Å². The van der Waals surface area contributed by atoms with Crippen LogP contribution >= 0.6 is 0 Å². The maximum Gasteiger partial charge on any atom is 0.306 e. The second kappa shape index (κ2) is 14.4. The fraction of sp³-hybridized carbons (Fsp3) is 0.867. The van der Waals surface area contributed by atoms with Gasteiger partial charge < -0.3 is 25.6 Å². The Hall–Kier alpha value is -1.22. The molecule has 0 aromatic heterocycles. The van der Waals surface area contributed by atoms with E-state index in [1.54, 1.807) is 11.8 Å². The molecule has 0 radical (unpaired) electrons. The smallest absolute Gasteiger partial charge is 0.306 e. The second-order valence-electron chi connectivity index (χ2n) is 5.16. The number of ether oxygens (including phenoxy) is 1. The quantitative estimate of drug-likeness (QED) is 0.186. The topological polar surface area (TPSA) is 125 Å². The van der Waals surface area contributed by atoms with E-state index < -0.39 is 6.23 Å². The van der Waals surface area contributed by atoms with Gasteiger partial charge >= 0.3 is 5.97 Å². The van der Waals surface area contributed by atoms with Crippen molar-refractivity contribution in [1.82, 2.24) is 10.2 Å². The number of nitrogens with one attached hydrogen (secondary N) is 1. The summed E-state index contributed by atoms with van der Waals surface area (Å²) in [5.74, 6) is -0.462. The molecule has 0 rings (SSSR count). The molecule has 1 atom stereocenters. The summed E-state index contributed by atoms with van der Waals surface area (Å²) in [6, 6.07) is 0. The van der Waals surface area contributed by atoms with Gasteiger partial charge in [-0.15, -0.1) is 0 Å². The van der Waals surface area contributed by atoms with E-state index in [0.29, 0.717) is 45.6 Å². The van der Waals surface area contributed by atoms with Crippen molar-refractivity contribution < 1.29 is 24.5 Å². The zero-order valence-corrected chi connectivity index (χ0v) is 14.0. The third-order valence-electron chi connectivity index (χ3n) is 3.22. The van der Waals surface area contributed by atoms with Gasteiger partial charge in [-0.3, -0.25) is 14.9 Å². The van der Waals surface area contributed by atoms with E-state index in [4.69, 9.17) is 15.6 Å². The van der Waals surface area contributed by atoms with E-state index in [9.17, 15) is 14.7 Å². The Labute approximate surface area is 138 Å². The summed E-state index contributed by atoms with van der Waals surface area (Å²) in [7, 11) is 0. The highest BCUT2D eigenvalue weighted by atomic mass is 16.5. The summed E-state index contributed by atoms with van der Waals surface area (Å²) in [6.45, 7) is 4.07. The summed E-state index contributed by atoms with van der Waals surface area (Å²) >= 11 is 0. The van der Waals surface area contributed by atoms with Gasteiger partial charge in [0.2, 0.25) is 5.91 Å². The number of rotatable bonds is 14. The SMILES string of the molecule is CCOC(=O)CCC(=O)N(CCCN)CCCNC(O)CCO. The molecule has 1 amide bonds. The standard InChI is InChI=1S/C15H31N3O5/c1-2-23-15(22)6-5-14(21)18(10-3-8-16)11-4-9-17-13(20)7-12-19/h13,17,19-20H,2-12,16H2,1H3. The van der Waals surface area contributed by atoms with Crippen LogP contribution in [0.5, 0.6) is 0 Å². The molecule has 0 heterocycles. The fourth-order valence-electron chi connectivity index (χ4n) is 2.01. The molecule has 0 aromatic carbocycles. The Kier molecular flexibility index (Phi) is 13.6. The molecule has 0 fully saturated rings. The van der Waals surface area contributed by atoms with Gasteiger partial charge in [0.25, 0.3) is 0 Å². The first kappa shape index (κ1) is 21.8. The number of nitrogens with two attached hydrogens (primary N) is 1. The number of amides is 1. The van der Waals surface area contributed by atoms with Gasteiger partial charge in [-0.1, -0.05) is 0 Å². The molecule has 5 N–H and O–H groups in total. The zero-order chi connectivity index (χ0) is 17.5. The Bertz CT molecular complexity index is 328. The van der Waals surface area contributed by atoms with Crippen molar-refractivity contribution in [3.63, 3.8) is 0 Å². The number of hydrogen-bond donors (Lipinski definition) is 4. The van der Waals surface area contributed by atoms with Crippen molar-refractivity contribution in [2.75, 3.05) is 39.4 Å². The van der Waals surface area contributed by atoms with Crippen LogP contribution in [-0.4, -0.2) is 72.6 Å². The third kappa shape index (κ3) is 11.9. The number of esters is 1. The average Bonchev–Trinajstić information content (AvgIpc) is 2.52.